The molecular formula is C24H21ClN4O3. The molecule has 8 heteroatoms. The summed E-state index contributed by atoms with van der Waals surface area (Å²) in [6, 6.07) is 18.1. The number of carbonyl (C=O) groups excluding carboxylic acids is 1. The number of imidazole rings is 1. The highest BCUT2D eigenvalue weighted by Crippen LogP contribution is 2.28. The predicted molar refractivity (Wildman–Crippen MR) is 126 cm³/mol. The first-order chi connectivity index (χ1) is 15.6. The highest BCUT2D eigenvalue weighted by atomic mass is 35.5. The molecule has 0 atom stereocenters. The Bertz CT molecular complexity index is 1300. The second-order valence-electron chi connectivity index (χ2n) is 6.84. The minimum absolute atomic E-state index is 0.338. The summed E-state index contributed by atoms with van der Waals surface area (Å²) < 4.78 is 10.8. The van der Waals surface area contributed by atoms with Crippen molar-refractivity contribution in [1.82, 2.24) is 15.4 Å². The number of ether oxygens (including phenoxy) is 2. The zero-order valence-electron chi connectivity index (χ0n) is 17.6. The summed E-state index contributed by atoms with van der Waals surface area (Å²) in [6.45, 7) is 2.45. The lowest BCUT2D eigenvalue weighted by Crippen LogP contribution is -2.17. The minimum Gasteiger partial charge on any atom is -0.493 e. The maximum absolute atomic E-state index is 12.5. The summed E-state index contributed by atoms with van der Waals surface area (Å²) in [4.78, 5) is 20.3. The van der Waals surface area contributed by atoms with E-state index in [4.69, 9.17) is 21.1 Å². The number of methoxy groups -OCH3 is 1. The molecule has 32 heavy (non-hydrogen) atoms. The third-order valence-corrected chi connectivity index (χ3v) is 5.07. The van der Waals surface area contributed by atoms with Gasteiger partial charge in [0.15, 0.2) is 11.5 Å². The Hall–Kier alpha value is -3.84. The van der Waals surface area contributed by atoms with Gasteiger partial charge in [0.2, 0.25) is 0 Å². The standard InChI is InChI=1S/C24H21ClN4O3/c1-3-32-21-11-8-15(12-22(21)31-2)14-26-29-24(30)16-9-10-19-20(13-16)28-23(27-19)17-6-4-5-7-18(17)25/h4-14H,3H2,1-2H3,(H,27,28)(H,29,30)/b26-14+. The van der Waals surface area contributed by atoms with E-state index < -0.39 is 0 Å². The molecule has 0 aliphatic carbocycles. The van der Waals surface area contributed by atoms with Crippen LogP contribution in [0.1, 0.15) is 22.8 Å². The van der Waals surface area contributed by atoms with Gasteiger partial charge in [0, 0.05) is 11.1 Å². The van der Waals surface area contributed by atoms with Gasteiger partial charge in [-0.3, -0.25) is 4.79 Å². The number of carbonyl (C=O) groups is 1. The van der Waals surface area contributed by atoms with Crippen LogP contribution in [0.2, 0.25) is 5.02 Å². The van der Waals surface area contributed by atoms with Crippen LogP contribution in [0.3, 0.4) is 0 Å². The third kappa shape index (κ3) is 4.58. The number of amides is 1. The molecule has 4 rings (SSSR count). The molecular weight excluding hydrogens is 428 g/mol. The number of hydrazone groups is 1. The van der Waals surface area contributed by atoms with Crippen LogP contribution in [0.5, 0.6) is 11.5 Å². The molecule has 1 amide bonds. The van der Waals surface area contributed by atoms with Gasteiger partial charge in [-0.15, -0.1) is 0 Å². The topological polar surface area (TPSA) is 88.6 Å². The molecule has 1 aromatic heterocycles. The summed E-state index contributed by atoms with van der Waals surface area (Å²) in [6.07, 6.45) is 1.54. The van der Waals surface area contributed by atoms with E-state index in [1.807, 2.05) is 31.2 Å². The van der Waals surface area contributed by atoms with Gasteiger partial charge in [0.25, 0.3) is 5.91 Å². The molecule has 0 unspecified atom stereocenters. The Morgan fingerprint density at radius 2 is 2.00 bits per heavy atom. The maximum atomic E-state index is 12.5. The minimum atomic E-state index is -0.338. The molecule has 0 bridgehead atoms. The largest absolute Gasteiger partial charge is 0.493 e. The van der Waals surface area contributed by atoms with Crippen LogP contribution in [0.25, 0.3) is 22.4 Å². The van der Waals surface area contributed by atoms with Gasteiger partial charge in [0.1, 0.15) is 5.82 Å². The lowest BCUT2D eigenvalue weighted by Gasteiger charge is -2.09. The SMILES string of the molecule is CCOc1ccc(/C=N/NC(=O)c2ccc3nc(-c4ccccc4Cl)[nH]c3c2)cc1OC. The van der Waals surface area contributed by atoms with Crippen molar-refractivity contribution in [3.05, 3.63) is 76.8 Å². The number of rotatable bonds is 7. The van der Waals surface area contributed by atoms with Crippen molar-refractivity contribution in [2.75, 3.05) is 13.7 Å². The number of hydrogen-bond donors (Lipinski definition) is 2. The quantitative estimate of drug-likeness (QED) is 0.305. The number of aromatic nitrogens is 2. The molecule has 162 valence electrons. The van der Waals surface area contributed by atoms with Crippen molar-refractivity contribution in [3.63, 3.8) is 0 Å². The zero-order chi connectivity index (χ0) is 22.5. The van der Waals surface area contributed by atoms with Gasteiger partial charge in [0.05, 0.1) is 36.0 Å². The van der Waals surface area contributed by atoms with E-state index in [1.165, 1.54) is 0 Å². The number of nitrogens with zero attached hydrogens (tertiary/aromatic N) is 2. The van der Waals surface area contributed by atoms with E-state index in [-0.39, 0.29) is 5.91 Å². The maximum Gasteiger partial charge on any atom is 0.271 e. The Labute approximate surface area is 190 Å². The summed E-state index contributed by atoms with van der Waals surface area (Å²) in [5.41, 5.74) is 6.02. The Morgan fingerprint density at radius 1 is 1.16 bits per heavy atom. The van der Waals surface area contributed by atoms with Crippen molar-refractivity contribution in [3.8, 4) is 22.9 Å². The molecule has 7 nitrogen and oxygen atoms in total. The molecule has 2 N–H and O–H groups in total. The molecule has 0 radical (unpaired) electrons. The lowest BCUT2D eigenvalue weighted by molar-refractivity contribution is 0.0955. The second-order valence-corrected chi connectivity index (χ2v) is 7.25. The van der Waals surface area contributed by atoms with Crippen molar-refractivity contribution in [2.24, 2.45) is 5.10 Å². The zero-order valence-corrected chi connectivity index (χ0v) is 18.3. The fraction of sp³-hybridized carbons (Fsp3) is 0.125. The number of benzene rings is 3. The first-order valence-corrected chi connectivity index (χ1v) is 10.4. The average molecular weight is 449 g/mol. The van der Waals surface area contributed by atoms with Crippen LogP contribution in [0.4, 0.5) is 0 Å². The normalized spacial score (nSPS) is 11.1. The predicted octanol–water partition coefficient (Wildman–Crippen LogP) is 5.05. The first kappa shape index (κ1) is 21.4. The molecule has 0 saturated heterocycles. The summed E-state index contributed by atoms with van der Waals surface area (Å²) in [5, 5.41) is 4.65. The smallest absolute Gasteiger partial charge is 0.271 e. The van der Waals surface area contributed by atoms with Crippen molar-refractivity contribution in [2.45, 2.75) is 6.92 Å². The molecule has 0 saturated carbocycles. The molecule has 0 aliphatic rings. The van der Waals surface area contributed by atoms with Gasteiger partial charge < -0.3 is 14.5 Å². The molecule has 0 spiro atoms. The number of hydrogen-bond acceptors (Lipinski definition) is 5. The van der Waals surface area contributed by atoms with Crippen LogP contribution in [0.15, 0.2) is 65.8 Å². The number of halogens is 1. The van der Waals surface area contributed by atoms with Crippen molar-refractivity contribution < 1.29 is 14.3 Å². The number of nitrogens with one attached hydrogen (secondary N) is 2. The fourth-order valence-electron chi connectivity index (χ4n) is 3.20. The second kappa shape index (κ2) is 9.53. The molecule has 0 fully saturated rings. The van der Waals surface area contributed by atoms with Crippen LogP contribution >= 0.6 is 11.6 Å². The van der Waals surface area contributed by atoms with E-state index in [0.717, 1.165) is 22.2 Å². The van der Waals surface area contributed by atoms with Crippen molar-refractivity contribution in [1.29, 1.82) is 0 Å². The number of H-pyrrole nitrogens is 1. The van der Waals surface area contributed by atoms with Gasteiger partial charge in [-0.1, -0.05) is 23.7 Å². The molecule has 4 aromatic rings. The highest BCUT2D eigenvalue weighted by Gasteiger charge is 2.11. The average Bonchev–Trinajstić information content (AvgIpc) is 3.23. The van der Waals surface area contributed by atoms with Crippen LogP contribution in [0, 0.1) is 0 Å². The summed E-state index contributed by atoms with van der Waals surface area (Å²) >= 11 is 6.26. The summed E-state index contributed by atoms with van der Waals surface area (Å²) in [7, 11) is 1.57. The fourth-order valence-corrected chi connectivity index (χ4v) is 3.43. The van der Waals surface area contributed by atoms with Crippen LogP contribution in [-0.2, 0) is 0 Å². The van der Waals surface area contributed by atoms with E-state index in [0.29, 0.717) is 34.5 Å². The van der Waals surface area contributed by atoms with Crippen LogP contribution in [-0.4, -0.2) is 35.8 Å². The van der Waals surface area contributed by atoms with Gasteiger partial charge in [-0.25, -0.2) is 10.4 Å². The van der Waals surface area contributed by atoms with E-state index >= 15 is 0 Å². The third-order valence-electron chi connectivity index (χ3n) is 4.74. The Morgan fingerprint density at radius 3 is 2.78 bits per heavy atom. The van der Waals surface area contributed by atoms with E-state index in [2.05, 4.69) is 20.5 Å². The highest BCUT2D eigenvalue weighted by molar-refractivity contribution is 6.33. The van der Waals surface area contributed by atoms with Gasteiger partial charge in [-0.05, 0) is 61.0 Å². The van der Waals surface area contributed by atoms with E-state index in [9.17, 15) is 4.79 Å². The Kier molecular flexibility index (Phi) is 6.37. The van der Waals surface area contributed by atoms with Crippen LogP contribution < -0.4 is 14.9 Å². The number of aromatic amines is 1. The van der Waals surface area contributed by atoms with E-state index in [1.54, 1.807) is 49.7 Å². The number of fused-ring (bicyclic) bond motifs is 1. The summed E-state index contributed by atoms with van der Waals surface area (Å²) in [5.74, 6) is 1.56. The first-order valence-electron chi connectivity index (χ1n) is 9.98. The van der Waals surface area contributed by atoms with Gasteiger partial charge in [-0.2, -0.15) is 5.10 Å². The molecule has 3 aromatic carbocycles. The van der Waals surface area contributed by atoms with Gasteiger partial charge >= 0.3 is 0 Å². The monoisotopic (exact) mass is 448 g/mol. The molecule has 0 aliphatic heterocycles. The lowest BCUT2D eigenvalue weighted by atomic mass is 10.2. The molecule has 1 heterocycles. The Balaban J connectivity index is 1.49. The van der Waals surface area contributed by atoms with Crippen molar-refractivity contribution >= 4 is 34.8 Å².